The zero-order valence-electron chi connectivity index (χ0n) is 36.9. The number of para-hydroxylation sites is 3. The molecule has 1 aromatic heterocycles. The van der Waals surface area contributed by atoms with E-state index in [0.29, 0.717) is 34.0 Å². The van der Waals surface area contributed by atoms with E-state index >= 15 is 4.39 Å². The van der Waals surface area contributed by atoms with E-state index in [2.05, 4.69) is 116 Å². The largest absolute Gasteiger partial charge is 0.456 e. The van der Waals surface area contributed by atoms with Gasteiger partial charge >= 0.3 is 0 Å². The number of fused-ring (bicyclic) bond motifs is 10. The van der Waals surface area contributed by atoms with Gasteiger partial charge < -0.3 is 23.7 Å². The van der Waals surface area contributed by atoms with Crippen LogP contribution >= 0.6 is 0 Å². The lowest BCUT2D eigenvalue weighted by Crippen LogP contribution is -2.16. The number of anilines is 6. The van der Waals surface area contributed by atoms with E-state index < -0.39 is 11.6 Å². The lowest BCUT2D eigenvalue weighted by molar-refractivity contribution is 0.480. The Morgan fingerprint density at radius 1 is 0.397 bits per heavy atom. The Labute approximate surface area is 390 Å². The van der Waals surface area contributed by atoms with Crippen LogP contribution in [0.3, 0.4) is 0 Å². The molecule has 0 saturated carbocycles. The van der Waals surface area contributed by atoms with Gasteiger partial charge in [0.05, 0.1) is 17.1 Å². The quantitative estimate of drug-likeness (QED) is 0.166. The molecule has 0 amide bonds. The SMILES string of the molecule is CC1(C)c2ccccc2-c2ccc(N(c3ccccc3)c3ccc4c(c3)Oc3ccc5c6c(ccc-4c36)Oc3cc(N(c4ccc(F)cc4F)c4cccc6c4oc4ccccc46)ccc3-5)cc21. The van der Waals surface area contributed by atoms with Crippen molar-refractivity contribution in [3.63, 3.8) is 0 Å². The maximum Gasteiger partial charge on any atom is 0.159 e. The van der Waals surface area contributed by atoms with Crippen LogP contribution < -0.4 is 19.3 Å². The Morgan fingerprint density at radius 3 is 1.71 bits per heavy atom. The predicted molar refractivity (Wildman–Crippen MR) is 269 cm³/mol. The van der Waals surface area contributed by atoms with E-state index in [9.17, 15) is 4.39 Å². The van der Waals surface area contributed by atoms with Crippen molar-refractivity contribution >= 4 is 66.8 Å². The summed E-state index contributed by atoms with van der Waals surface area (Å²) in [4.78, 5) is 4.07. The van der Waals surface area contributed by atoms with E-state index in [1.54, 1.807) is 4.90 Å². The number of benzene rings is 10. The van der Waals surface area contributed by atoms with Crippen LogP contribution in [0.4, 0.5) is 42.9 Å². The Balaban J connectivity index is 0.866. The van der Waals surface area contributed by atoms with Gasteiger partial charge in [-0.05, 0) is 130 Å². The summed E-state index contributed by atoms with van der Waals surface area (Å²) in [6.07, 6.45) is 0. The second-order valence-corrected chi connectivity index (χ2v) is 18.3. The molecule has 11 aromatic rings. The molecule has 14 rings (SSSR count). The number of halogens is 2. The molecule has 0 N–H and O–H groups in total. The molecule has 10 aromatic carbocycles. The van der Waals surface area contributed by atoms with E-state index in [-0.39, 0.29) is 11.1 Å². The summed E-state index contributed by atoms with van der Waals surface area (Å²) in [5.41, 5.74) is 14.8. The molecule has 2 aliphatic heterocycles. The monoisotopic (exact) mass is 884 g/mol. The van der Waals surface area contributed by atoms with Gasteiger partial charge in [0.2, 0.25) is 0 Å². The van der Waals surface area contributed by atoms with Crippen molar-refractivity contribution in [1.82, 2.24) is 0 Å². The molecule has 324 valence electrons. The smallest absolute Gasteiger partial charge is 0.159 e. The summed E-state index contributed by atoms with van der Waals surface area (Å²) in [6.45, 7) is 4.63. The third-order valence-corrected chi connectivity index (χ3v) is 14.2. The Kier molecular flexibility index (Phi) is 8.03. The summed E-state index contributed by atoms with van der Waals surface area (Å²) >= 11 is 0. The number of hydrogen-bond donors (Lipinski definition) is 0. The molecule has 3 aliphatic rings. The van der Waals surface area contributed by atoms with Crippen LogP contribution in [0.15, 0.2) is 199 Å². The van der Waals surface area contributed by atoms with E-state index in [4.69, 9.17) is 13.9 Å². The van der Waals surface area contributed by atoms with E-state index in [1.165, 1.54) is 34.4 Å². The minimum absolute atomic E-state index is 0.145. The van der Waals surface area contributed by atoms with Crippen LogP contribution in [-0.4, -0.2) is 0 Å². The van der Waals surface area contributed by atoms with Crippen LogP contribution in [0.25, 0.3) is 66.1 Å². The number of rotatable bonds is 6. The minimum atomic E-state index is -0.708. The van der Waals surface area contributed by atoms with Gasteiger partial charge in [0, 0.05) is 73.3 Å². The van der Waals surface area contributed by atoms with Crippen molar-refractivity contribution in [3.05, 3.63) is 217 Å². The van der Waals surface area contributed by atoms with Crippen molar-refractivity contribution in [1.29, 1.82) is 0 Å². The molecule has 0 saturated heterocycles. The highest BCUT2D eigenvalue weighted by atomic mass is 19.1. The van der Waals surface area contributed by atoms with Gasteiger partial charge in [-0.25, -0.2) is 8.78 Å². The van der Waals surface area contributed by atoms with Gasteiger partial charge in [0.25, 0.3) is 0 Å². The minimum Gasteiger partial charge on any atom is -0.456 e. The highest BCUT2D eigenvalue weighted by molar-refractivity contribution is 6.15. The van der Waals surface area contributed by atoms with Gasteiger partial charge in [-0.15, -0.1) is 0 Å². The van der Waals surface area contributed by atoms with Crippen molar-refractivity contribution in [2.24, 2.45) is 0 Å². The highest BCUT2D eigenvalue weighted by Gasteiger charge is 2.36. The van der Waals surface area contributed by atoms with Crippen LogP contribution in [0.2, 0.25) is 0 Å². The first-order valence-electron chi connectivity index (χ1n) is 22.8. The first-order valence-corrected chi connectivity index (χ1v) is 22.8. The lowest BCUT2D eigenvalue weighted by atomic mass is 9.82. The van der Waals surface area contributed by atoms with Crippen molar-refractivity contribution in [2.45, 2.75) is 19.3 Å². The third-order valence-electron chi connectivity index (χ3n) is 14.2. The van der Waals surface area contributed by atoms with Crippen molar-refractivity contribution in [2.75, 3.05) is 9.80 Å². The first-order chi connectivity index (χ1) is 33.3. The maximum absolute atomic E-state index is 16.0. The number of ether oxygens (including phenoxy) is 2. The Bertz CT molecular complexity index is 3950. The molecule has 0 bridgehead atoms. The summed E-state index contributed by atoms with van der Waals surface area (Å²) in [6, 6.07) is 63.9. The fourth-order valence-electron chi connectivity index (χ4n) is 11.0. The number of nitrogens with zero attached hydrogens (tertiary/aromatic N) is 2. The molecule has 1 aliphatic carbocycles. The summed E-state index contributed by atoms with van der Waals surface area (Å²) in [7, 11) is 0. The zero-order valence-corrected chi connectivity index (χ0v) is 36.9. The Hall–Kier alpha value is -8.68. The molecule has 3 heterocycles. The molecule has 68 heavy (non-hydrogen) atoms. The Morgan fingerprint density at radius 2 is 0.985 bits per heavy atom. The van der Waals surface area contributed by atoms with Crippen molar-refractivity contribution in [3.8, 4) is 56.4 Å². The molecular weight excluding hydrogens is 847 g/mol. The van der Waals surface area contributed by atoms with Crippen LogP contribution in [0.1, 0.15) is 25.0 Å². The fourth-order valence-corrected chi connectivity index (χ4v) is 11.0. The van der Waals surface area contributed by atoms with Gasteiger partial charge in [-0.1, -0.05) is 92.7 Å². The van der Waals surface area contributed by atoms with E-state index in [1.807, 2.05) is 78.9 Å². The van der Waals surface area contributed by atoms with Gasteiger partial charge in [-0.3, -0.25) is 0 Å². The first kappa shape index (κ1) is 38.6. The maximum atomic E-state index is 16.0. The number of furan rings is 1. The topological polar surface area (TPSA) is 38.1 Å². The summed E-state index contributed by atoms with van der Waals surface area (Å²) < 4.78 is 50.5. The third kappa shape index (κ3) is 5.53. The predicted octanol–water partition coefficient (Wildman–Crippen LogP) is 17.8. The van der Waals surface area contributed by atoms with Crippen molar-refractivity contribution < 1.29 is 22.7 Å². The molecule has 0 atom stereocenters. The molecular formula is C61H38F2N2O3. The zero-order chi connectivity index (χ0) is 45.4. The van der Waals surface area contributed by atoms with Crippen LogP contribution in [0, 0.1) is 11.6 Å². The van der Waals surface area contributed by atoms with Crippen LogP contribution in [-0.2, 0) is 5.41 Å². The summed E-state index contributed by atoms with van der Waals surface area (Å²) in [5.74, 6) is 1.43. The second-order valence-electron chi connectivity index (χ2n) is 18.3. The normalized spacial score (nSPS) is 13.4. The van der Waals surface area contributed by atoms with Crippen LogP contribution in [0.5, 0.6) is 23.0 Å². The van der Waals surface area contributed by atoms with Gasteiger partial charge in [0.15, 0.2) is 5.58 Å². The molecule has 0 unspecified atom stereocenters. The lowest BCUT2D eigenvalue weighted by Gasteiger charge is -2.31. The molecule has 7 heteroatoms. The van der Waals surface area contributed by atoms with E-state index in [0.717, 1.165) is 78.4 Å². The standard InChI is InChI=1S/C61H38F2N2O3/c1-61(2)48-16-8-6-13-40(48)41-23-20-37(32-49(41)61)64(36-11-4-3-5-12-36)38-21-24-43-45-26-30-55-59-46(27-29-54(58(45)59)66-56(43)33-38)44-25-22-39(34-57(44)67-55)65(51-28-19-35(62)31-50(51)63)52-17-10-15-47-42-14-7-9-18-53(42)68-60(47)52/h3-34H,1-2H3. The number of hydrogen-bond acceptors (Lipinski definition) is 5. The summed E-state index contributed by atoms with van der Waals surface area (Å²) in [5, 5.41) is 3.76. The molecule has 0 radical (unpaired) electrons. The second kappa shape index (κ2) is 14.2. The average Bonchev–Trinajstić information content (AvgIpc) is 3.86. The average molecular weight is 885 g/mol. The van der Waals surface area contributed by atoms with Gasteiger partial charge in [-0.2, -0.15) is 0 Å². The van der Waals surface area contributed by atoms with Gasteiger partial charge in [0.1, 0.15) is 40.2 Å². The molecule has 0 fully saturated rings. The highest BCUT2D eigenvalue weighted by Crippen LogP contribution is 2.57. The molecule has 0 spiro atoms. The molecule has 5 nitrogen and oxygen atoms in total. The fraction of sp³-hybridized carbons (Fsp3) is 0.0492.